The van der Waals surface area contributed by atoms with Gasteiger partial charge in [0, 0.05) is 5.69 Å². The summed E-state index contributed by atoms with van der Waals surface area (Å²) in [6.45, 7) is -0.0252. The molecule has 0 spiro atoms. The number of esters is 2. The predicted octanol–water partition coefficient (Wildman–Crippen LogP) is 2.31. The van der Waals surface area contributed by atoms with Crippen molar-refractivity contribution in [1.29, 1.82) is 0 Å². The Morgan fingerprint density at radius 2 is 1.74 bits per heavy atom. The maximum absolute atomic E-state index is 12.2. The number of phenols is 1. The van der Waals surface area contributed by atoms with Gasteiger partial charge in [-0.2, -0.15) is 0 Å². The maximum atomic E-state index is 12.2. The van der Waals surface area contributed by atoms with Crippen molar-refractivity contribution in [2.75, 3.05) is 32.5 Å². The van der Waals surface area contributed by atoms with Gasteiger partial charge in [-0.15, -0.1) is 0 Å². The van der Waals surface area contributed by atoms with E-state index in [1.165, 1.54) is 19.1 Å². The normalized spacial score (nSPS) is 14.7. The van der Waals surface area contributed by atoms with Crippen molar-refractivity contribution in [2.24, 2.45) is 0 Å². The van der Waals surface area contributed by atoms with Crippen LogP contribution < -0.4 is 4.90 Å². The minimum atomic E-state index is -0.686. The molecule has 9 heteroatoms. The van der Waals surface area contributed by atoms with E-state index in [-0.39, 0.29) is 30.4 Å². The zero-order valence-electron chi connectivity index (χ0n) is 12.3. The number of carbonyl (C=O) groups is 2. The number of phenolic OH excluding ortho intramolecular Hbond substituents is 1. The van der Waals surface area contributed by atoms with Crippen molar-refractivity contribution in [2.45, 2.75) is 0 Å². The fraction of sp³-hybridized carbons (Fsp3) is 0.286. The average molecular weight is 451 g/mol. The van der Waals surface area contributed by atoms with Crippen LogP contribution in [0.5, 0.6) is 5.75 Å². The molecule has 0 bridgehead atoms. The van der Waals surface area contributed by atoms with E-state index in [4.69, 9.17) is 14.2 Å². The van der Waals surface area contributed by atoms with E-state index in [0.717, 1.165) is 0 Å². The van der Waals surface area contributed by atoms with Crippen LogP contribution in [0.15, 0.2) is 32.3 Å². The molecule has 1 heterocycles. The van der Waals surface area contributed by atoms with Gasteiger partial charge in [0.05, 0.1) is 35.3 Å². The van der Waals surface area contributed by atoms with Crippen molar-refractivity contribution < 1.29 is 28.9 Å². The van der Waals surface area contributed by atoms with Gasteiger partial charge in [0.25, 0.3) is 0 Å². The molecule has 124 valence electrons. The summed E-state index contributed by atoms with van der Waals surface area (Å²) in [4.78, 5) is 25.5. The molecular weight excluding hydrogens is 438 g/mol. The molecule has 0 radical (unpaired) electrons. The number of benzene rings is 1. The number of ether oxygens (including phenoxy) is 3. The lowest BCUT2D eigenvalue weighted by atomic mass is 10.1. The Kier molecular flexibility index (Phi) is 5.66. The molecule has 2 rings (SSSR count). The molecule has 1 aliphatic rings. The number of anilines is 1. The van der Waals surface area contributed by atoms with Gasteiger partial charge in [-0.3, -0.25) is 0 Å². The zero-order chi connectivity index (χ0) is 17.1. The highest BCUT2D eigenvalue weighted by molar-refractivity contribution is 9.11. The highest BCUT2D eigenvalue weighted by Crippen LogP contribution is 2.38. The number of halogens is 2. The van der Waals surface area contributed by atoms with Crippen LogP contribution in [0.4, 0.5) is 5.69 Å². The number of methoxy groups -OCH3 is 2. The lowest BCUT2D eigenvalue weighted by Crippen LogP contribution is -2.38. The van der Waals surface area contributed by atoms with Gasteiger partial charge in [0.2, 0.25) is 0 Å². The summed E-state index contributed by atoms with van der Waals surface area (Å²) < 4.78 is 15.7. The Hall–Kier alpha value is -1.58. The van der Waals surface area contributed by atoms with Gasteiger partial charge in [-0.05, 0) is 44.0 Å². The van der Waals surface area contributed by atoms with E-state index in [1.54, 1.807) is 12.1 Å². The van der Waals surface area contributed by atoms with Crippen LogP contribution in [0.2, 0.25) is 0 Å². The molecule has 0 fully saturated rings. The van der Waals surface area contributed by atoms with Gasteiger partial charge in [0.15, 0.2) is 0 Å². The minimum absolute atomic E-state index is 0.0171. The van der Waals surface area contributed by atoms with Crippen molar-refractivity contribution in [3.05, 3.63) is 32.3 Å². The van der Waals surface area contributed by atoms with Crippen molar-refractivity contribution in [3.63, 3.8) is 0 Å². The maximum Gasteiger partial charge on any atom is 0.355 e. The monoisotopic (exact) mass is 449 g/mol. The third kappa shape index (κ3) is 3.51. The summed E-state index contributed by atoms with van der Waals surface area (Å²) in [7, 11) is 2.44. The van der Waals surface area contributed by atoms with E-state index in [0.29, 0.717) is 14.6 Å². The molecule has 0 amide bonds. The predicted molar refractivity (Wildman–Crippen MR) is 87.9 cm³/mol. The first-order valence-electron chi connectivity index (χ1n) is 6.33. The van der Waals surface area contributed by atoms with Crippen molar-refractivity contribution >= 4 is 49.5 Å². The zero-order valence-corrected chi connectivity index (χ0v) is 15.4. The smallest absolute Gasteiger partial charge is 0.355 e. The third-order valence-electron chi connectivity index (χ3n) is 3.15. The summed E-state index contributed by atoms with van der Waals surface area (Å²) in [5.74, 6) is -1.34. The molecule has 0 aliphatic carbocycles. The first-order valence-corrected chi connectivity index (χ1v) is 7.92. The van der Waals surface area contributed by atoms with E-state index >= 15 is 0 Å². The molecule has 0 unspecified atom stereocenters. The second-order valence-corrected chi connectivity index (χ2v) is 6.18. The minimum Gasteiger partial charge on any atom is -0.506 e. The van der Waals surface area contributed by atoms with Gasteiger partial charge in [0.1, 0.15) is 18.2 Å². The largest absolute Gasteiger partial charge is 0.506 e. The second kappa shape index (κ2) is 7.33. The number of aromatic hydroxyl groups is 1. The first-order chi connectivity index (χ1) is 10.9. The van der Waals surface area contributed by atoms with E-state index in [2.05, 4.69) is 31.9 Å². The summed E-state index contributed by atoms with van der Waals surface area (Å²) >= 11 is 6.45. The SMILES string of the molecule is COC(=O)C1=C(C(=O)OC)N(c2cc(Br)c(O)c(Br)c2)COC1. The first kappa shape index (κ1) is 17.8. The molecule has 1 aliphatic heterocycles. The number of nitrogens with zero attached hydrogens (tertiary/aromatic N) is 1. The van der Waals surface area contributed by atoms with Crippen LogP contribution in [0.1, 0.15) is 0 Å². The second-order valence-electron chi connectivity index (χ2n) is 4.47. The molecule has 0 aromatic heterocycles. The lowest BCUT2D eigenvalue weighted by Gasteiger charge is -2.31. The Bertz CT molecular complexity index is 665. The molecule has 1 N–H and O–H groups in total. The Morgan fingerprint density at radius 3 is 2.26 bits per heavy atom. The van der Waals surface area contributed by atoms with Crippen LogP contribution in [0, 0.1) is 0 Å². The average Bonchev–Trinajstić information content (AvgIpc) is 2.57. The van der Waals surface area contributed by atoms with Crippen molar-refractivity contribution in [3.8, 4) is 5.75 Å². The topological polar surface area (TPSA) is 85.3 Å². The fourth-order valence-corrected chi connectivity index (χ4v) is 3.22. The highest BCUT2D eigenvalue weighted by Gasteiger charge is 2.32. The molecule has 0 saturated heterocycles. The fourth-order valence-electron chi connectivity index (χ4n) is 2.06. The molecule has 23 heavy (non-hydrogen) atoms. The standard InChI is InChI=1S/C14H13Br2NO6/c1-21-13(19)8-5-23-6-17(11(8)14(20)22-2)7-3-9(15)12(18)10(16)4-7/h3-4,18H,5-6H2,1-2H3. The number of carbonyl (C=O) groups excluding carboxylic acids is 2. The van der Waals surface area contributed by atoms with Gasteiger partial charge < -0.3 is 24.2 Å². The van der Waals surface area contributed by atoms with Crippen LogP contribution in [0.25, 0.3) is 0 Å². The van der Waals surface area contributed by atoms with E-state index in [9.17, 15) is 14.7 Å². The van der Waals surface area contributed by atoms with E-state index in [1.807, 2.05) is 0 Å². The molecule has 7 nitrogen and oxygen atoms in total. The van der Waals surface area contributed by atoms with Crippen LogP contribution in [-0.2, 0) is 23.8 Å². The van der Waals surface area contributed by atoms with Gasteiger partial charge in [-0.1, -0.05) is 0 Å². The summed E-state index contributed by atoms with van der Waals surface area (Å²) in [5, 5.41) is 9.81. The third-order valence-corrected chi connectivity index (χ3v) is 4.36. The Balaban J connectivity index is 2.59. The van der Waals surface area contributed by atoms with Crippen LogP contribution in [-0.4, -0.2) is 44.6 Å². The van der Waals surface area contributed by atoms with E-state index < -0.39 is 11.9 Å². The lowest BCUT2D eigenvalue weighted by molar-refractivity contribution is -0.140. The molecule has 0 atom stereocenters. The number of hydrogen-bond donors (Lipinski definition) is 1. The Morgan fingerprint density at radius 1 is 1.17 bits per heavy atom. The molecule has 1 aromatic carbocycles. The summed E-state index contributed by atoms with van der Waals surface area (Å²) in [6, 6.07) is 3.18. The van der Waals surface area contributed by atoms with Gasteiger partial charge in [-0.25, -0.2) is 9.59 Å². The Labute approximate surface area is 149 Å². The van der Waals surface area contributed by atoms with Gasteiger partial charge >= 0.3 is 11.9 Å². The van der Waals surface area contributed by atoms with Crippen LogP contribution >= 0.6 is 31.9 Å². The quantitative estimate of drug-likeness (QED) is 0.707. The summed E-state index contributed by atoms with van der Waals surface area (Å²) in [6.07, 6.45) is 0. The summed E-state index contributed by atoms with van der Waals surface area (Å²) in [5.41, 5.74) is 0.615. The number of hydrogen-bond acceptors (Lipinski definition) is 7. The molecule has 1 aromatic rings. The molecular formula is C14H13Br2NO6. The highest BCUT2D eigenvalue weighted by atomic mass is 79.9. The van der Waals surface area contributed by atoms with Crippen LogP contribution in [0.3, 0.4) is 0 Å². The van der Waals surface area contributed by atoms with Crippen molar-refractivity contribution in [1.82, 2.24) is 0 Å². The molecule has 0 saturated carbocycles. The number of rotatable bonds is 3.